The van der Waals surface area contributed by atoms with E-state index < -0.39 is 11.4 Å². The lowest BCUT2D eigenvalue weighted by Gasteiger charge is -2.24. The number of carbonyl (C=O) groups is 3. The van der Waals surface area contributed by atoms with Crippen molar-refractivity contribution in [2.24, 2.45) is 0 Å². The lowest BCUT2D eigenvalue weighted by atomic mass is 9.83. The second-order valence-corrected chi connectivity index (χ2v) is 7.11. The molecule has 0 aliphatic heterocycles. The molecule has 0 saturated carbocycles. The maximum absolute atomic E-state index is 12.8. The summed E-state index contributed by atoms with van der Waals surface area (Å²) in [6.07, 6.45) is 0.817. The third kappa shape index (κ3) is 5.42. The van der Waals surface area contributed by atoms with Crippen LogP contribution in [0.15, 0.2) is 48.5 Å². The molecule has 0 radical (unpaired) electrons. The molecule has 2 rings (SSSR count). The number of rotatable bonds is 8. The summed E-state index contributed by atoms with van der Waals surface area (Å²) in [5, 5.41) is 14.0. The summed E-state index contributed by atoms with van der Waals surface area (Å²) >= 11 is 0. The number of benzene rings is 2. The van der Waals surface area contributed by atoms with Crippen LogP contribution in [-0.4, -0.2) is 29.4 Å². The molecule has 2 aromatic rings. The van der Waals surface area contributed by atoms with Crippen molar-refractivity contribution in [3.63, 3.8) is 0 Å². The highest BCUT2D eigenvalue weighted by Crippen LogP contribution is 2.26. The quantitative estimate of drug-likeness (QED) is 0.652. The Kier molecular flexibility index (Phi) is 6.93. The molecule has 2 amide bonds. The molecule has 0 aromatic heterocycles. The first-order valence-electron chi connectivity index (χ1n) is 9.25. The molecular weight excluding hydrogens is 356 g/mol. The summed E-state index contributed by atoms with van der Waals surface area (Å²) in [4.78, 5) is 35.2. The van der Waals surface area contributed by atoms with E-state index in [2.05, 4.69) is 17.6 Å². The standard InChI is InChI=1S/C22H26N2O4/c1-4-15-5-9-17(10-6-15)22(2,3)21(28)24-18-11-7-16(8-12-18)20(27)23-14-13-19(25)26/h5-12H,4,13-14H2,1-3H3,(H,23,27)(H,24,28)(H,25,26). The lowest BCUT2D eigenvalue weighted by Crippen LogP contribution is -2.34. The topological polar surface area (TPSA) is 95.5 Å². The van der Waals surface area contributed by atoms with Gasteiger partial charge in [-0.05, 0) is 55.7 Å². The Morgan fingerprint density at radius 3 is 2.11 bits per heavy atom. The summed E-state index contributed by atoms with van der Waals surface area (Å²) in [5.41, 5.74) is 2.43. The van der Waals surface area contributed by atoms with Crippen molar-refractivity contribution in [3.05, 3.63) is 65.2 Å². The first kappa shape index (κ1) is 21.2. The van der Waals surface area contributed by atoms with Crippen molar-refractivity contribution in [3.8, 4) is 0 Å². The maximum atomic E-state index is 12.8. The minimum absolute atomic E-state index is 0.0671. The predicted octanol–water partition coefficient (Wildman–Crippen LogP) is 3.37. The van der Waals surface area contributed by atoms with Gasteiger partial charge in [0.1, 0.15) is 0 Å². The van der Waals surface area contributed by atoms with Gasteiger partial charge in [-0.3, -0.25) is 14.4 Å². The van der Waals surface area contributed by atoms with Crippen LogP contribution in [0.25, 0.3) is 0 Å². The van der Waals surface area contributed by atoms with Gasteiger partial charge in [-0.2, -0.15) is 0 Å². The summed E-state index contributed by atoms with van der Waals surface area (Å²) in [6, 6.07) is 14.5. The van der Waals surface area contributed by atoms with Gasteiger partial charge in [-0.25, -0.2) is 0 Å². The van der Waals surface area contributed by atoms with Gasteiger partial charge in [-0.1, -0.05) is 31.2 Å². The molecule has 0 heterocycles. The first-order chi connectivity index (χ1) is 13.2. The second kappa shape index (κ2) is 9.17. The van der Waals surface area contributed by atoms with Crippen molar-refractivity contribution in [2.75, 3.05) is 11.9 Å². The van der Waals surface area contributed by atoms with E-state index in [1.165, 1.54) is 5.56 Å². The van der Waals surface area contributed by atoms with Crippen molar-refractivity contribution >= 4 is 23.5 Å². The van der Waals surface area contributed by atoms with E-state index in [-0.39, 0.29) is 24.8 Å². The molecule has 0 bridgehead atoms. The number of carbonyl (C=O) groups excluding carboxylic acids is 2. The van der Waals surface area contributed by atoms with Crippen LogP contribution in [0.4, 0.5) is 5.69 Å². The largest absolute Gasteiger partial charge is 0.481 e. The first-order valence-corrected chi connectivity index (χ1v) is 9.25. The number of aryl methyl sites for hydroxylation is 1. The number of anilines is 1. The Morgan fingerprint density at radius 1 is 0.964 bits per heavy atom. The summed E-state index contributed by atoms with van der Waals surface area (Å²) < 4.78 is 0. The molecule has 0 aliphatic rings. The summed E-state index contributed by atoms with van der Waals surface area (Å²) in [6.45, 7) is 5.89. The monoisotopic (exact) mass is 382 g/mol. The van der Waals surface area contributed by atoms with Crippen molar-refractivity contribution < 1.29 is 19.5 Å². The van der Waals surface area contributed by atoms with Gasteiger partial charge in [0.25, 0.3) is 5.91 Å². The number of hydrogen-bond acceptors (Lipinski definition) is 3. The zero-order valence-corrected chi connectivity index (χ0v) is 16.4. The predicted molar refractivity (Wildman–Crippen MR) is 109 cm³/mol. The Hall–Kier alpha value is -3.15. The van der Waals surface area contributed by atoms with Crippen molar-refractivity contribution in [1.29, 1.82) is 0 Å². The summed E-state index contributed by atoms with van der Waals surface area (Å²) in [7, 11) is 0. The molecule has 6 heteroatoms. The van der Waals surface area contributed by atoms with Crippen LogP contribution >= 0.6 is 0 Å². The molecule has 28 heavy (non-hydrogen) atoms. The van der Waals surface area contributed by atoms with Crippen molar-refractivity contribution in [2.45, 2.75) is 39.0 Å². The van der Waals surface area contributed by atoms with E-state index >= 15 is 0 Å². The zero-order chi connectivity index (χ0) is 20.7. The van der Waals surface area contributed by atoms with Gasteiger partial charge in [0.05, 0.1) is 11.8 Å². The molecule has 0 spiro atoms. The fourth-order valence-electron chi connectivity index (χ4n) is 2.67. The molecule has 0 aliphatic carbocycles. The average molecular weight is 382 g/mol. The highest BCUT2D eigenvalue weighted by Gasteiger charge is 2.29. The van der Waals surface area contributed by atoms with E-state index in [1.807, 2.05) is 38.1 Å². The van der Waals surface area contributed by atoms with Gasteiger partial charge in [0.15, 0.2) is 0 Å². The van der Waals surface area contributed by atoms with Crippen LogP contribution in [-0.2, 0) is 21.4 Å². The average Bonchev–Trinajstić information content (AvgIpc) is 2.68. The Bertz CT molecular complexity index is 840. The SMILES string of the molecule is CCc1ccc(C(C)(C)C(=O)Nc2ccc(C(=O)NCCC(=O)O)cc2)cc1. The molecule has 3 N–H and O–H groups in total. The van der Waals surface area contributed by atoms with E-state index in [4.69, 9.17) is 5.11 Å². The number of carboxylic acid groups (broad SMARTS) is 1. The van der Waals surface area contributed by atoms with Crippen molar-refractivity contribution in [1.82, 2.24) is 5.32 Å². The lowest BCUT2D eigenvalue weighted by molar-refractivity contribution is -0.136. The fourth-order valence-corrected chi connectivity index (χ4v) is 2.67. The van der Waals surface area contributed by atoms with Gasteiger partial charge in [0, 0.05) is 17.8 Å². The van der Waals surface area contributed by atoms with Gasteiger partial charge in [-0.15, -0.1) is 0 Å². The fraction of sp³-hybridized carbons (Fsp3) is 0.318. The molecule has 2 aromatic carbocycles. The highest BCUT2D eigenvalue weighted by atomic mass is 16.4. The molecule has 0 unspecified atom stereocenters. The van der Waals surface area contributed by atoms with E-state index in [0.717, 1.165) is 12.0 Å². The highest BCUT2D eigenvalue weighted by molar-refractivity contribution is 5.99. The number of carboxylic acids is 1. The maximum Gasteiger partial charge on any atom is 0.305 e. The van der Waals surface area contributed by atoms with Gasteiger partial charge in [0.2, 0.25) is 5.91 Å². The molecule has 0 atom stereocenters. The van der Waals surface area contributed by atoms with Crippen LogP contribution < -0.4 is 10.6 Å². The molecular formula is C22H26N2O4. The Balaban J connectivity index is 2.01. The molecule has 6 nitrogen and oxygen atoms in total. The summed E-state index contributed by atoms with van der Waals surface area (Å²) in [5.74, 6) is -1.46. The number of hydrogen-bond donors (Lipinski definition) is 3. The van der Waals surface area contributed by atoms with Crippen LogP contribution in [0.1, 0.15) is 48.7 Å². The Labute approximate surface area is 165 Å². The third-order valence-corrected chi connectivity index (χ3v) is 4.68. The van der Waals surface area contributed by atoms with Crippen LogP contribution in [0.2, 0.25) is 0 Å². The minimum atomic E-state index is -0.967. The van der Waals surface area contributed by atoms with Crippen LogP contribution in [0.3, 0.4) is 0 Å². The van der Waals surface area contributed by atoms with E-state index in [9.17, 15) is 14.4 Å². The van der Waals surface area contributed by atoms with Crippen LogP contribution in [0.5, 0.6) is 0 Å². The third-order valence-electron chi connectivity index (χ3n) is 4.68. The second-order valence-electron chi connectivity index (χ2n) is 7.11. The van der Waals surface area contributed by atoms with E-state index in [1.54, 1.807) is 24.3 Å². The van der Waals surface area contributed by atoms with Gasteiger partial charge >= 0.3 is 5.97 Å². The van der Waals surface area contributed by atoms with E-state index in [0.29, 0.717) is 11.3 Å². The zero-order valence-electron chi connectivity index (χ0n) is 16.4. The number of nitrogens with one attached hydrogen (secondary N) is 2. The van der Waals surface area contributed by atoms with Gasteiger partial charge < -0.3 is 15.7 Å². The smallest absolute Gasteiger partial charge is 0.305 e. The normalized spacial score (nSPS) is 11.0. The number of aliphatic carboxylic acids is 1. The molecule has 0 saturated heterocycles. The van der Waals surface area contributed by atoms with Crippen LogP contribution in [0, 0.1) is 0 Å². The number of amides is 2. The molecule has 148 valence electrons. The minimum Gasteiger partial charge on any atom is -0.481 e. The Morgan fingerprint density at radius 2 is 1.57 bits per heavy atom. The molecule has 0 fully saturated rings.